The molecule has 1 saturated carbocycles. The van der Waals surface area contributed by atoms with Gasteiger partial charge in [-0.05, 0) is 39.3 Å². The summed E-state index contributed by atoms with van der Waals surface area (Å²) in [5.41, 5.74) is 0. The fourth-order valence-corrected chi connectivity index (χ4v) is 1.61. The van der Waals surface area contributed by atoms with Crippen LogP contribution in [0.25, 0.3) is 0 Å². The molecule has 1 aliphatic rings. The van der Waals surface area contributed by atoms with Crippen molar-refractivity contribution in [1.29, 1.82) is 0 Å². The maximum Gasteiger partial charge on any atom is 0.0546 e. The van der Waals surface area contributed by atoms with Crippen LogP contribution < -0.4 is 10.6 Å². The highest BCUT2D eigenvalue weighted by Crippen LogP contribution is 2.26. The summed E-state index contributed by atoms with van der Waals surface area (Å²) in [5.74, 6) is 0.708. The molecule has 3 nitrogen and oxygen atoms in total. The molecular weight excluding hydrogens is 152 g/mol. The first kappa shape index (κ1) is 9.96. The zero-order valence-electron chi connectivity index (χ0n) is 8.01. The molecule has 72 valence electrons. The maximum atomic E-state index is 9.05. The molecule has 0 heterocycles. The molecule has 0 aliphatic heterocycles. The van der Waals surface area contributed by atoms with Crippen molar-refractivity contribution in [1.82, 2.24) is 10.6 Å². The number of aliphatic hydroxyl groups is 1. The minimum absolute atomic E-state index is 0.0172. The van der Waals surface area contributed by atoms with Crippen molar-refractivity contribution in [2.45, 2.75) is 31.9 Å². The lowest BCUT2D eigenvalue weighted by Gasteiger charge is -2.32. The van der Waals surface area contributed by atoms with Crippen LogP contribution in [0.2, 0.25) is 0 Å². The Kier molecular flexibility index (Phi) is 3.98. The second kappa shape index (κ2) is 4.80. The monoisotopic (exact) mass is 172 g/mol. The first-order valence-corrected chi connectivity index (χ1v) is 4.78. The fourth-order valence-electron chi connectivity index (χ4n) is 1.61. The van der Waals surface area contributed by atoms with E-state index < -0.39 is 0 Å². The molecule has 1 fully saturated rings. The Labute approximate surface area is 74.5 Å². The van der Waals surface area contributed by atoms with Crippen molar-refractivity contribution >= 4 is 0 Å². The largest absolute Gasteiger partial charge is 0.393 e. The number of hydrogen-bond donors (Lipinski definition) is 3. The Morgan fingerprint density at radius 3 is 2.67 bits per heavy atom. The zero-order valence-corrected chi connectivity index (χ0v) is 8.01. The summed E-state index contributed by atoms with van der Waals surface area (Å²) >= 11 is 0. The van der Waals surface area contributed by atoms with Gasteiger partial charge in [-0.15, -0.1) is 0 Å². The maximum absolute atomic E-state index is 9.05. The summed E-state index contributed by atoms with van der Waals surface area (Å²) in [7, 11) is 1.96. The first-order valence-electron chi connectivity index (χ1n) is 4.78. The standard InChI is InChI=1S/C9H20N2O/c1-7(5-10-2)11-6-8-3-9(12)4-8/h7-12H,3-6H2,1-2H3. The minimum Gasteiger partial charge on any atom is -0.393 e. The highest BCUT2D eigenvalue weighted by atomic mass is 16.3. The molecule has 0 aromatic carbocycles. The third-order valence-electron chi connectivity index (χ3n) is 2.48. The van der Waals surface area contributed by atoms with Gasteiger partial charge in [-0.2, -0.15) is 0 Å². The summed E-state index contributed by atoms with van der Waals surface area (Å²) in [6.45, 7) is 4.24. The molecule has 1 atom stereocenters. The topological polar surface area (TPSA) is 44.3 Å². The molecule has 0 saturated heterocycles. The van der Waals surface area contributed by atoms with Gasteiger partial charge in [-0.3, -0.25) is 0 Å². The van der Waals surface area contributed by atoms with Crippen LogP contribution in [0.15, 0.2) is 0 Å². The van der Waals surface area contributed by atoms with E-state index in [0.29, 0.717) is 12.0 Å². The van der Waals surface area contributed by atoms with E-state index in [-0.39, 0.29) is 6.10 Å². The lowest BCUT2D eigenvalue weighted by molar-refractivity contribution is 0.0421. The van der Waals surface area contributed by atoms with Gasteiger partial charge in [0.25, 0.3) is 0 Å². The van der Waals surface area contributed by atoms with Crippen LogP contribution in [0, 0.1) is 5.92 Å². The van der Waals surface area contributed by atoms with E-state index in [2.05, 4.69) is 17.6 Å². The Balaban J connectivity index is 1.95. The molecule has 1 unspecified atom stereocenters. The van der Waals surface area contributed by atoms with Gasteiger partial charge >= 0.3 is 0 Å². The average molecular weight is 172 g/mol. The van der Waals surface area contributed by atoms with Crippen LogP contribution >= 0.6 is 0 Å². The Morgan fingerprint density at radius 2 is 2.17 bits per heavy atom. The average Bonchev–Trinajstić information content (AvgIpc) is 1.96. The molecule has 0 spiro atoms. The van der Waals surface area contributed by atoms with Crippen molar-refractivity contribution in [3.63, 3.8) is 0 Å². The smallest absolute Gasteiger partial charge is 0.0546 e. The van der Waals surface area contributed by atoms with Crippen LogP contribution in [-0.4, -0.2) is 37.4 Å². The van der Waals surface area contributed by atoms with Gasteiger partial charge in [-0.1, -0.05) is 0 Å². The molecule has 0 aromatic heterocycles. The van der Waals surface area contributed by atoms with Crippen LogP contribution in [-0.2, 0) is 0 Å². The number of rotatable bonds is 5. The highest BCUT2D eigenvalue weighted by molar-refractivity contribution is 4.81. The molecule has 3 heteroatoms. The van der Waals surface area contributed by atoms with E-state index in [9.17, 15) is 0 Å². The van der Waals surface area contributed by atoms with Gasteiger partial charge in [0.1, 0.15) is 0 Å². The second-order valence-electron chi connectivity index (χ2n) is 3.86. The van der Waals surface area contributed by atoms with Crippen LogP contribution in [0.1, 0.15) is 19.8 Å². The van der Waals surface area contributed by atoms with Crippen molar-refractivity contribution in [2.24, 2.45) is 5.92 Å². The number of nitrogens with one attached hydrogen (secondary N) is 2. The quantitative estimate of drug-likeness (QED) is 0.545. The predicted molar refractivity (Wildman–Crippen MR) is 50.1 cm³/mol. The Morgan fingerprint density at radius 1 is 1.50 bits per heavy atom. The molecule has 0 amide bonds. The third-order valence-corrected chi connectivity index (χ3v) is 2.48. The van der Waals surface area contributed by atoms with Crippen LogP contribution in [0.5, 0.6) is 0 Å². The van der Waals surface area contributed by atoms with Gasteiger partial charge in [-0.25, -0.2) is 0 Å². The predicted octanol–water partition coefficient (Wildman–Crippen LogP) is -0.0452. The van der Waals surface area contributed by atoms with Gasteiger partial charge in [0.15, 0.2) is 0 Å². The fraction of sp³-hybridized carbons (Fsp3) is 1.00. The molecule has 3 N–H and O–H groups in total. The van der Waals surface area contributed by atoms with Crippen molar-refractivity contribution in [2.75, 3.05) is 20.1 Å². The van der Waals surface area contributed by atoms with Gasteiger partial charge in [0, 0.05) is 12.6 Å². The van der Waals surface area contributed by atoms with Gasteiger partial charge in [0.05, 0.1) is 6.10 Å². The summed E-state index contributed by atoms with van der Waals surface area (Å²) in [6.07, 6.45) is 1.95. The molecule has 1 aliphatic carbocycles. The first-order chi connectivity index (χ1) is 5.72. The summed E-state index contributed by atoms with van der Waals surface area (Å²) in [4.78, 5) is 0. The Hall–Kier alpha value is -0.120. The normalized spacial score (nSPS) is 31.2. The molecule has 1 rings (SSSR count). The van der Waals surface area contributed by atoms with Gasteiger partial charge < -0.3 is 15.7 Å². The zero-order chi connectivity index (χ0) is 8.97. The van der Waals surface area contributed by atoms with E-state index >= 15 is 0 Å². The SMILES string of the molecule is CNCC(C)NCC1CC(O)C1. The van der Waals surface area contributed by atoms with Crippen molar-refractivity contribution in [3.8, 4) is 0 Å². The summed E-state index contributed by atoms with van der Waals surface area (Å²) < 4.78 is 0. The van der Waals surface area contributed by atoms with E-state index in [1.54, 1.807) is 0 Å². The van der Waals surface area contributed by atoms with E-state index in [4.69, 9.17) is 5.11 Å². The van der Waals surface area contributed by atoms with E-state index in [1.165, 1.54) is 0 Å². The Bertz CT molecular complexity index is 119. The number of hydrogen-bond acceptors (Lipinski definition) is 3. The van der Waals surface area contributed by atoms with Crippen LogP contribution in [0.3, 0.4) is 0 Å². The molecular formula is C9H20N2O. The van der Waals surface area contributed by atoms with Crippen molar-refractivity contribution in [3.05, 3.63) is 0 Å². The number of likely N-dealkylation sites (N-methyl/N-ethyl adjacent to an activating group) is 1. The summed E-state index contributed by atoms with van der Waals surface area (Å²) in [5, 5.41) is 15.6. The summed E-state index contributed by atoms with van der Waals surface area (Å²) in [6, 6.07) is 0.535. The van der Waals surface area contributed by atoms with E-state index in [0.717, 1.165) is 25.9 Å². The van der Waals surface area contributed by atoms with Crippen molar-refractivity contribution < 1.29 is 5.11 Å². The number of aliphatic hydroxyl groups excluding tert-OH is 1. The lowest BCUT2D eigenvalue weighted by atomic mass is 9.82. The van der Waals surface area contributed by atoms with Gasteiger partial charge in [0.2, 0.25) is 0 Å². The van der Waals surface area contributed by atoms with E-state index in [1.807, 2.05) is 7.05 Å². The van der Waals surface area contributed by atoms with Crippen LogP contribution in [0.4, 0.5) is 0 Å². The third kappa shape index (κ3) is 3.09. The highest BCUT2D eigenvalue weighted by Gasteiger charge is 2.26. The lowest BCUT2D eigenvalue weighted by Crippen LogP contribution is -2.42. The minimum atomic E-state index is -0.0172. The molecule has 12 heavy (non-hydrogen) atoms. The second-order valence-corrected chi connectivity index (χ2v) is 3.86. The molecule has 0 bridgehead atoms. The molecule has 0 aromatic rings. The molecule has 0 radical (unpaired) electrons.